The van der Waals surface area contributed by atoms with E-state index in [2.05, 4.69) is 61.6 Å². The minimum absolute atomic E-state index is 0.172. The molecule has 109 valence electrons. The lowest BCUT2D eigenvalue weighted by Crippen LogP contribution is -2.44. The highest BCUT2D eigenvalue weighted by atomic mass is 28.3. The molecule has 0 spiro atoms. The first-order valence-electron chi connectivity index (χ1n) is 7.89. The van der Waals surface area contributed by atoms with Gasteiger partial charge in [0, 0.05) is 0 Å². The van der Waals surface area contributed by atoms with Gasteiger partial charge in [0.2, 0.25) is 0 Å². The van der Waals surface area contributed by atoms with Crippen molar-refractivity contribution < 1.29 is 0 Å². The summed E-state index contributed by atoms with van der Waals surface area (Å²) in [6, 6.07) is 4.39. The van der Waals surface area contributed by atoms with Gasteiger partial charge >= 0.3 is 0 Å². The van der Waals surface area contributed by atoms with Crippen molar-refractivity contribution in [1.29, 1.82) is 0 Å². The zero-order valence-electron chi connectivity index (χ0n) is 14.5. The third-order valence-corrected chi connectivity index (χ3v) is 15.2. The molecule has 0 unspecified atom stereocenters. The number of hydrogen-bond acceptors (Lipinski definition) is 0. The van der Waals surface area contributed by atoms with Crippen LogP contribution in [-0.4, -0.2) is 16.9 Å². The minimum atomic E-state index is -1.16. The van der Waals surface area contributed by atoms with E-state index >= 15 is 0 Å². The third-order valence-electron chi connectivity index (χ3n) is 5.40. The van der Waals surface area contributed by atoms with Crippen LogP contribution >= 0.6 is 0 Å². The largest absolute Gasteiger partial charge is 0.0690 e. The first-order valence-corrected chi connectivity index (χ1v) is 13.0. The van der Waals surface area contributed by atoms with Crippen molar-refractivity contribution in [3.8, 4) is 0 Å². The standard InChI is InChI=1S/C16H37Si2/c1-10-13-16(6,7)18(8,9)14-15(4,5)17(11-2)12-3/h10-14H2,1-9H3. The molecule has 0 aromatic carbocycles. The van der Waals surface area contributed by atoms with Crippen LogP contribution in [0.5, 0.6) is 0 Å². The first kappa shape index (κ1) is 18.4. The van der Waals surface area contributed by atoms with Crippen molar-refractivity contribution in [3.05, 3.63) is 0 Å². The Morgan fingerprint density at radius 1 is 0.889 bits per heavy atom. The quantitative estimate of drug-likeness (QED) is 0.441. The Labute approximate surface area is 120 Å². The highest BCUT2D eigenvalue weighted by Gasteiger charge is 2.43. The van der Waals surface area contributed by atoms with E-state index in [0.717, 1.165) is 0 Å². The van der Waals surface area contributed by atoms with E-state index in [1.165, 1.54) is 31.0 Å². The molecule has 1 radical (unpaired) electrons. The Kier molecular flexibility index (Phi) is 6.90. The van der Waals surface area contributed by atoms with Crippen molar-refractivity contribution in [1.82, 2.24) is 0 Å². The maximum Gasteiger partial charge on any atom is 0.0532 e. The van der Waals surface area contributed by atoms with E-state index in [0.29, 0.717) is 10.1 Å². The van der Waals surface area contributed by atoms with E-state index in [-0.39, 0.29) is 8.80 Å². The molecule has 18 heavy (non-hydrogen) atoms. The van der Waals surface area contributed by atoms with Crippen molar-refractivity contribution >= 4 is 16.9 Å². The maximum atomic E-state index is 2.63. The molecular formula is C16H37Si2. The van der Waals surface area contributed by atoms with Crippen molar-refractivity contribution in [3.63, 3.8) is 0 Å². The van der Waals surface area contributed by atoms with Crippen LogP contribution in [0, 0.1) is 0 Å². The normalized spacial score (nSPS) is 14.3. The van der Waals surface area contributed by atoms with E-state index in [1.54, 1.807) is 0 Å². The van der Waals surface area contributed by atoms with Crippen LogP contribution in [0.25, 0.3) is 0 Å². The summed E-state index contributed by atoms with van der Waals surface area (Å²) in [5, 5.41) is 1.21. The number of rotatable bonds is 8. The van der Waals surface area contributed by atoms with Crippen LogP contribution in [0.4, 0.5) is 0 Å². The highest BCUT2D eigenvalue weighted by molar-refractivity contribution is 6.82. The van der Waals surface area contributed by atoms with Gasteiger partial charge < -0.3 is 0 Å². The van der Waals surface area contributed by atoms with Gasteiger partial charge in [0.05, 0.1) is 16.9 Å². The van der Waals surface area contributed by atoms with E-state index in [1.807, 2.05) is 0 Å². The summed E-state index contributed by atoms with van der Waals surface area (Å²) < 4.78 is 0. The molecule has 0 saturated heterocycles. The van der Waals surface area contributed by atoms with Gasteiger partial charge in [0.15, 0.2) is 0 Å². The molecule has 0 saturated carbocycles. The van der Waals surface area contributed by atoms with Gasteiger partial charge in [-0.05, 0) is 10.1 Å². The van der Waals surface area contributed by atoms with Crippen LogP contribution in [0.1, 0.15) is 61.3 Å². The second-order valence-corrected chi connectivity index (χ2v) is 17.3. The Morgan fingerprint density at radius 2 is 1.33 bits per heavy atom. The second-order valence-electron chi connectivity index (χ2n) is 7.89. The van der Waals surface area contributed by atoms with E-state index < -0.39 is 8.07 Å². The van der Waals surface area contributed by atoms with Gasteiger partial charge in [-0.25, -0.2) is 0 Å². The van der Waals surface area contributed by atoms with Gasteiger partial charge in [-0.3, -0.25) is 0 Å². The van der Waals surface area contributed by atoms with E-state index in [4.69, 9.17) is 0 Å². The molecule has 0 rings (SSSR count). The van der Waals surface area contributed by atoms with Crippen molar-refractivity contribution in [2.75, 3.05) is 0 Å². The molecule has 0 nitrogen and oxygen atoms in total. The smallest absolute Gasteiger partial charge is 0.0532 e. The SMILES string of the molecule is CCCC(C)(C)[Si](C)(C)CC(C)(C)[Si](CC)CC. The lowest BCUT2D eigenvalue weighted by molar-refractivity contribution is 0.557. The van der Waals surface area contributed by atoms with Crippen molar-refractivity contribution in [2.24, 2.45) is 0 Å². The molecule has 0 aliphatic heterocycles. The molecule has 0 aromatic rings. The van der Waals surface area contributed by atoms with Crippen LogP contribution in [-0.2, 0) is 0 Å². The molecule has 0 aliphatic carbocycles. The average molecular weight is 286 g/mol. The summed E-state index contributed by atoms with van der Waals surface area (Å²) in [6.45, 7) is 22.6. The Bertz CT molecular complexity index is 237. The molecule has 0 bridgehead atoms. The fourth-order valence-corrected chi connectivity index (χ4v) is 12.0. The van der Waals surface area contributed by atoms with Gasteiger partial charge in [0.1, 0.15) is 0 Å². The number of hydrogen-bond donors (Lipinski definition) is 0. The van der Waals surface area contributed by atoms with Gasteiger partial charge in [0.25, 0.3) is 0 Å². The molecular weight excluding hydrogens is 248 g/mol. The summed E-state index contributed by atoms with van der Waals surface area (Å²) in [5.74, 6) is 0. The minimum Gasteiger partial charge on any atom is -0.0690 e. The fourth-order valence-electron chi connectivity index (χ4n) is 3.64. The molecule has 0 heterocycles. The van der Waals surface area contributed by atoms with Crippen LogP contribution in [0.3, 0.4) is 0 Å². The zero-order valence-corrected chi connectivity index (χ0v) is 16.5. The van der Waals surface area contributed by atoms with Crippen LogP contribution in [0.2, 0.25) is 41.3 Å². The lowest BCUT2D eigenvalue weighted by atomic mass is 10.1. The average Bonchev–Trinajstić information content (AvgIpc) is 2.16. The molecule has 0 N–H and O–H groups in total. The highest BCUT2D eigenvalue weighted by Crippen LogP contribution is 2.51. The molecule has 0 aliphatic rings. The summed E-state index contributed by atoms with van der Waals surface area (Å²) in [7, 11) is -1.33. The van der Waals surface area contributed by atoms with Crippen molar-refractivity contribution in [2.45, 2.75) is 103 Å². The topological polar surface area (TPSA) is 0 Å². The van der Waals surface area contributed by atoms with E-state index in [9.17, 15) is 0 Å². The molecule has 0 aromatic heterocycles. The van der Waals surface area contributed by atoms with Gasteiger partial charge in [-0.1, -0.05) is 92.5 Å². The lowest BCUT2D eigenvalue weighted by Gasteiger charge is -2.46. The third kappa shape index (κ3) is 4.52. The predicted molar refractivity (Wildman–Crippen MR) is 92.0 cm³/mol. The molecule has 0 fully saturated rings. The molecule has 0 atom stereocenters. The van der Waals surface area contributed by atoms with Gasteiger partial charge in [-0.2, -0.15) is 0 Å². The fraction of sp³-hybridized carbons (Fsp3) is 1.00. The Balaban J connectivity index is 4.94. The summed E-state index contributed by atoms with van der Waals surface area (Å²) >= 11 is 0. The van der Waals surface area contributed by atoms with Crippen LogP contribution in [0.15, 0.2) is 0 Å². The second kappa shape index (κ2) is 6.74. The summed E-state index contributed by atoms with van der Waals surface area (Å²) in [5.41, 5.74) is 0. The molecule has 2 heteroatoms. The summed E-state index contributed by atoms with van der Waals surface area (Å²) in [4.78, 5) is 0. The maximum absolute atomic E-state index is 2.63. The molecule has 0 amide bonds. The van der Waals surface area contributed by atoms with Crippen LogP contribution < -0.4 is 0 Å². The van der Waals surface area contributed by atoms with Gasteiger partial charge in [-0.15, -0.1) is 0 Å². The monoisotopic (exact) mass is 285 g/mol. The Hall–Kier alpha value is 0.434. The zero-order chi connectivity index (χ0) is 14.6. The summed E-state index contributed by atoms with van der Waals surface area (Å²) in [6.07, 6.45) is 2.74. The Morgan fingerprint density at radius 3 is 1.67 bits per heavy atom. The predicted octanol–water partition coefficient (Wildman–Crippen LogP) is 6.59. The first-order chi connectivity index (χ1) is 8.04.